The number of hydrogen-bond acceptors (Lipinski definition) is 5. The number of esters is 1. The fraction of sp³-hybridized carbons (Fsp3) is 0.500. The molecule has 2 N–H and O–H groups in total. The normalized spacial score (nSPS) is 19.5. The van der Waals surface area contributed by atoms with E-state index in [1.807, 2.05) is 19.9 Å². The standard InChI is InChI=1S/C18H23N3O4/c1-3-11(2)19-16(22)10-25-18(24)12-6-7-14-13(9-12)20-17(23)15-5-4-8-21(14)15/h6-7,9,11,15H,3-5,8,10H2,1-2H3,(H,19,22)(H,20,23)/t11-,15+/m1/s1. The van der Waals surface area contributed by atoms with Gasteiger partial charge in [0.15, 0.2) is 6.61 Å². The van der Waals surface area contributed by atoms with E-state index in [9.17, 15) is 14.4 Å². The summed E-state index contributed by atoms with van der Waals surface area (Å²) in [5.41, 5.74) is 1.85. The van der Waals surface area contributed by atoms with Gasteiger partial charge in [0.2, 0.25) is 5.91 Å². The molecule has 2 atom stereocenters. The largest absolute Gasteiger partial charge is 0.452 e. The molecule has 2 amide bonds. The highest BCUT2D eigenvalue weighted by Crippen LogP contribution is 2.37. The molecule has 1 aromatic rings. The van der Waals surface area contributed by atoms with Crippen molar-refractivity contribution in [1.82, 2.24) is 5.32 Å². The number of hydrogen-bond donors (Lipinski definition) is 2. The van der Waals surface area contributed by atoms with Crippen molar-refractivity contribution in [3.63, 3.8) is 0 Å². The third kappa shape index (κ3) is 3.60. The second-order valence-electron chi connectivity index (χ2n) is 6.53. The van der Waals surface area contributed by atoms with E-state index in [1.54, 1.807) is 12.1 Å². The Balaban J connectivity index is 1.66. The van der Waals surface area contributed by atoms with Crippen LogP contribution in [0.15, 0.2) is 18.2 Å². The van der Waals surface area contributed by atoms with Gasteiger partial charge in [-0.3, -0.25) is 9.59 Å². The number of nitrogens with one attached hydrogen (secondary N) is 2. The molecule has 0 aliphatic carbocycles. The first-order valence-corrected chi connectivity index (χ1v) is 8.67. The van der Waals surface area contributed by atoms with Crippen molar-refractivity contribution < 1.29 is 19.1 Å². The van der Waals surface area contributed by atoms with Crippen LogP contribution in [0.3, 0.4) is 0 Å². The van der Waals surface area contributed by atoms with Crippen LogP contribution < -0.4 is 15.5 Å². The first-order chi connectivity index (χ1) is 12.0. The number of carbonyl (C=O) groups excluding carboxylic acids is 3. The van der Waals surface area contributed by atoms with E-state index in [1.165, 1.54) is 0 Å². The predicted octanol–water partition coefficient (Wildman–Crippen LogP) is 1.68. The van der Waals surface area contributed by atoms with Crippen molar-refractivity contribution >= 4 is 29.2 Å². The Morgan fingerprint density at radius 3 is 3.00 bits per heavy atom. The minimum absolute atomic E-state index is 0.0385. The minimum atomic E-state index is -0.583. The summed E-state index contributed by atoms with van der Waals surface area (Å²) in [6.07, 6.45) is 2.63. The van der Waals surface area contributed by atoms with Gasteiger partial charge in [0.05, 0.1) is 16.9 Å². The fourth-order valence-corrected chi connectivity index (χ4v) is 3.19. The summed E-state index contributed by atoms with van der Waals surface area (Å²) in [5, 5.41) is 5.59. The van der Waals surface area contributed by atoms with Crippen LogP contribution in [-0.2, 0) is 14.3 Å². The number of carbonyl (C=O) groups is 3. The molecule has 2 aliphatic heterocycles. The molecular formula is C18H23N3O4. The monoisotopic (exact) mass is 345 g/mol. The summed E-state index contributed by atoms with van der Waals surface area (Å²) < 4.78 is 5.06. The van der Waals surface area contributed by atoms with Gasteiger partial charge in [-0.1, -0.05) is 6.92 Å². The second kappa shape index (κ2) is 7.13. The van der Waals surface area contributed by atoms with Crippen molar-refractivity contribution in [2.75, 3.05) is 23.4 Å². The van der Waals surface area contributed by atoms with E-state index < -0.39 is 5.97 Å². The maximum absolute atomic E-state index is 12.2. The molecular weight excluding hydrogens is 322 g/mol. The summed E-state index contributed by atoms with van der Waals surface area (Å²) in [4.78, 5) is 38.1. The van der Waals surface area contributed by atoms with E-state index in [0.29, 0.717) is 11.3 Å². The number of ether oxygens (including phenoxy) is 1. The van der Waals surface area contributed by atoms with Crippen molar-refractivity contribution in [3.05, 3.63) is 23.8 Å². The highest BCUT2D eigenvalue weighted by Gasteiger charge is 2.36. The van der Waals surface area contributed by atoms with Crippen LogP contribution in [0.5, 0.6) is 0 Å². The molecule has 134 valence electrons. The Morgan fingerprint density at radius 2 is 2.24 bits per heavy atom. The Labute approximate surface area is 146 Å². The Kier molecular flexibility index (Phi) is 4.92. The molecule has 1 saturated heterocycles. The van der Waals surface area contributed by atoms with Crippen molar-refractivity contribution in [1.29, 1.82) is 0 Å². The molecule has 0 radical (unpaired) electrons. The zero-order chi connectivity index (χ0) is 18.0. The van der Waals surface area contributed by atoms with E-state index in [0.717, 1.165) is 31.5 Å². The number of rotatable bonds is 5. The average Bonchev–Trinajstić information content (AvgIpc) is 3.09. The van der Waals surface area contributed by atoms with Gasteiger partial charge in [0.1, 0.15) is 6.04 Å². The smallest absolute Gasteiger partial charge is 0.338 e. The summed E-state index contributed by atoms with van der Waals surface area (Å²) in [7, 11) is 0. The van der Waals surface area contributed by atoms with Gasteiger partial charge in [-0.2, -0.15) is 0 Å². The zero-order valence-electron chi connectivity index (χ0n) is 14.5. The molecule has 7 heteroatoms. The summed E-state index contributed by atoms with van der Waals surface area (Å²) in [6, 6.07) is 5.02. The molecule has 0 unspecified atom stereocenters. The molecule has 2 heterocycles. The lowest BCUT2D eigenvalue weighted by molar-refractivity contribution is -0.124. The fourth-order valence-electron chi connectivity index (χ4n) is 3.19. The molecule has 3 rings (SSSR count). The quantitative estimate of drug-likeness (QED) is 0.793. The highest BCUT2D eigenvalue weighted by atomic mass is 16.5. The third-order valence-corrected chi connectivity index (χ3v) is 4.71. The lowest BCUT2D eigenvalue weighted by Crippen LogP contribution is -2.43. The van der Waals surface area contributed by atoms with Gasteiger partial charge in [-0.15, -0.1) is 0 Å². The Morgan fingerprint density at radius 1 is 1.44 bits per heavy atom. The SMILES string of the molecule is CC[C@@H](C)NC(=O)COC(=O)c1ccc2c(c1)NC(=O)[C@@H]1CCCN21. The Hall–Kier alpha value is -2.57. The lowest BCUT2D eigenvalue weighted by Gasteiger charge is -2.33. The number of amides is 2. The van der Waals surface area contributed by atoms with Crippen molar-refractivity contribution in [2.24, 2.45) is 0 Å². The third-order valence-electron chi connectivity index (χ3n) is 4.71. The number of anilines is 2. The summed E-state index contributed by atoms with van der Waals surface area (Å²) >= 11 is 0. The minimum Gasteiger partial charge on any atom is -0.452 e. The van der Waals surface area contributed by atoms with Gasteiger partial charge < -0.3 is 20.3 Å². The average molecular weight is 345 g/mol. The van der Waals surface area contributed by atoms with Crippen LogP contribution >= 0.6 is 0 Å². The van der Waals surface area contributed by atoms with Gasteiger partial charge in [0.25, 0.3) is 5.91 Å². The van der Waals surface area contributed by atoms with E-state index in [4.69, 9.17) is 4.74 Å². The van der Waals surface area contributed by atoms with E-state index >= 15 is 0 Å². The number of fused-ring (bicyclic) bond motifs is 3. The number of nitrogens with zero attached hydrogens (tertiary/aromatic N) is 1. The molecule has 25 heavy (non-hydrogen) atoms. The summed E-state index contributed by atoms with van der Waals surface area (Å²) in [6.45, 7) is 4.37. The molecule has 7 nitrogen and oxygen atoms in total. The molecule has 2 aliphatic rings. The van der Waals surface area contributed by atoms with Crippen LogP contribution in [-0.4, -0.2) is 43.0 Å². The maximum Gasteiger partial charge on any atom is 0.338 e. The van der Waals surface area contributed by atoms with E-state index in [-0.39, 0.29) is 30.5 Å². The highest BCUT2D eigenvalue weighted by molar-refractivity contribution is 6.05. The topological polar surface area (TPSA) is 87.7 Å². The van der Waals surface area contributed by atoms with Gasteiger partial charge in [-0.05, 0) is 44.4 Å². The lowest BCUT2D eigenvalue weighted by atomic mass is 10.1. The van der Waals surface area contributed by atoms with Crippen LogP contribution in [0.1, 0.15) is 43.5 Å². The van der Waals surface area contributed by atoms with Crippen LogP contribution in [0.2, 0.25) is 0 Å². The Bertz CT molecular complexity index is 704. The van der Waals surface area contributed by atoms with Crippen LogP contribution in [0.25, 0.3) is 0 Å². The molecule has 0 aromatic heterocycles. The van der Waals surface area contributed by atoms with Gasteiger partial charge in [0, 0.05) is 12.6 Å². The van der Waals surface area contributed by atoms with Gasteiger partial charge in [-0.25, -0.2) is 4.79 Å². The maximum atomic E-state index is 12.2. The van der Waals surface area contributed by atoms with Crippen LogP contribution in [0, 0.1) is 0 Å². The van der Waals surface area contributed by atoms with Crippen LogP contribution in [0.4, 0.5) is 11.4 Å². The predicted molar refractivity (Wildman–Crippen MR) is 93.6 cm³/mol. The van der Waals surface area contributed by atoms with E-state index in [2.05, 4.69) is 15.5 Å². The molecule has 0 bridgehead atoms. The molecule has 0 spiro atoms. The van der Waals surface area contributed by atoms with Crippen molar-refractivity contribution in [3.8, 4) is 0 Å². The first kappa shape index (κ1) is 17.3. The van der Waals surface area contributed by atoms with Crippen molar-refractivity contribution in [2.45, 2.75) is 45.2 Å². The second-order valence-corrected chi connectivity index (χ2v) is 6.53. The molecule has 0 saturated carbocycles. The summed E-state index contributed by atoms with van der Waals surface area (Å²) in [5.74, 6) is -0.947. The molecule has 1 fully saturated rings. The number of benzene rings is 1. The molecule has 1 aromatic carbocycles. The zero-order valence-corrected chi connectivity index (χ0v) is 14.5. The van der Waals surface area contributed by atoms with Gasteiger partial charge >= 0.3 is 5.97 Å². The first-order valence-electron chi connectivity index (χ1n) is 8.67.